The zero-order valence-electron chi connectivity index (χ0n) is 24.0. The zero-order valence-corrected chi connectivity index (χ0v) is 24.0. The Kier molecular flexibility index (Phi) is 10.5. The van der Waals surface area contributed by atoms with Crippen LogP contribution in [0.25, 0.3) is 0 Å². The Morgan fingerprint density at radius 3 is 2.40 bits per heavy atom. The van der Waals surface area contributed by atoms with Crippen molar-refractivity contribution in [2.75, 3.05) is 26.2 Å². The van der Waals surface area contributed by atoms with Crippen LogP contribution in [0, 0.1) is 28.6 Å². The van der Waals surface area contributed by atoms with Crippen LogP contribution in [0.15, 0.2) is 23.3 Å². The summed E-state index contributed by atoms with van der Waals surface area (Å²) in [4.78, 5) is 15.3. The second kappa shape index (κ2) is 12.9. The van der Waals surface area contributed by atoms with Crippen LogP contribution >= 0.6 is 0 Å². The maximum absolute atomic E-state index is 13.0. The molecule has 0 spiro atoms. The number of carbonyl (C=O) groups excluding carboxylic acids is 1. The Morgan fingerprint density at radius 1 is 1.09 bits per heavy atom. The van der Waals surface area contributed by atoms with Crippen molar-refractivity contribution < 1.29 is 9.53 Å². The van der Waals surface area contributed by atoms with Crippen LogP contribution in [-0.2, 0) is 9.53 Å². The Labute approximate surface area is 217 Å². The van der Waals surface area contributed by atoms with Gasteiger partial charge in [0.25, 0.3) is 0 Å². The average Bonchev–Trinajstić information content (AvgIpc) is 2.82. The summed E-state index contributed by atoms with van der Waals surface area (Å²) in [6.45, 7) is 17.2. The summed E-state index contributed by atoms with van der Waals surface area (Å²) >= 11 is 0. The highest BCUT2D eigenvalue weighted by molar-refractivity contribution is 5.71. The van der Waals surface area contributed by atoms with E-state index in [4.69, 9.17) is 4.74 Å². The number of hydrogen-bond acceptors (Lipinski definition) is 3. The van der Waals surface area contributed by atoms with Crippen LogP contribution in [0.2, 0.25) is 0 Å². The van der Waals surface area contributed by atoms with Crippen LogP contribution in [-0.4, -0.2) is 37.1 Å². The van der Waals surface area contributed by atoms with Crippen molar-refractivity contribution in [1.29, 1.82) is 0 Å². The molecule has 35 heavy (non-hydrogen) atoms. The number of ether oxygens (including phenoxy) is 1. The topological polar surface area (TPSA) is 29.5 Å². The summed E-state index contributed by atoms with van der Waals surface area (Å²) < 4.78 is 6.09. The standard InChI is InChI=1S/C32H55NO2/c1-7-9-11-20-33(21-12-10-8-2)23-30(34)35-24-31(5)18-13-19-32(6)28-16-14-26(25(3)4)22-27(28)15-17-29(31)32/h15,22,25,28-29H,7-14,16-21,23-24H2,1-6H3/t28-,29+,31-,32+/m0/s1. The second-order valence-corrected chi connectivity index (χ2v) is 12.8. The molecule has 4 atom stereocenters. The van der Waals surface area contributed by atoms with Crippen molar-refractivity contribution in [1.82, 2.24) is 4.90 Å². The minimum Gasteiger partial charge on any atom is -0.464 e. The number of fused-ring (bicyclic) bond motifs is 3. The summed E-state index contributed by atoms with van der Waals surface area (Å²) in [5.74, 6) is 1.92. The predicted molar refractivity (Wildman–Crippen MR) is 148 cm³/mol. The first-order valence-corrected chi connectivity index (χ1v) is 15.0. The van der Waals surface area contributed by atoms with Gasteiger partial charge in [-0.1, -0.05) is 91.4 Å². The third kappa shape index (κ3) is 7.02. The summed E-state index contributed by atoms with van der Waals surface area (Å²) in [5.41, 5.74) is 3.65. The summed E-state index contributed by atoms with van der Waals surface area (Å²) in [6, 6.07) is 0. The van der Waals surface area contributed by atoms with Gasteiger partial charge in [0.15, 0.2) is 0 Å². The van der Waals surface area contributed by atoms with Gasteiger partial charge < -0.3 is 4.74 Å². The minimum atomic E-state index is -0.0132. The van der Waals surface area contributed by atoms with E-state index in [1.807, 2.05) is 0 Å². The fourth-order valence-electron chi connectivity index (χ4n) is 7.56. The van der Waals surface area contributed by atoms with E-state index in [1.165, 1.54) is 70.6 Å². The van der Waals surface area contributed by atoms with Crippen LogP contribution in [0.4, 0.5) is 0 Å². The van der Waals surface area contributed by atoms with Gasteiger partial charge >= 0.3 is 5.97 Å². The van der Waals surface area contributed by atoms with Gasteiger partial charge in [0, 0.05) is 5.41 Å². The molecule has 0 amide bonds. The van der Waals surface area contributed by atoms with Gasteiger partial charge in [-0.05, 0) is 86.8 Å². The van der Waals surface area contributed by atoms with E-state index in [1.54, 1.807) is 11.1 Å². The van der Waals surface area contributed by atoms with Gasteiger partial charge in [-0.25, -0.2) is 0 Å². The molecule has 3 aliphatic carbocycles. The lowest BCUT2D eigenvalue weighted by molar-refractivity contribution is -0.155. The lowest BCUT2D eigenvalue weighted by Crippen LogP contribution is -2.52. The molecule has 0 aromatic heterocycles. The quantitative estimate of drug-likeness (QED) is 0.194. The van der Waals surface area contributed by atoms with E-state index in [0.29, 0.717) is 36.3 Å². The first-order chi connectivity index (χ1) is 16.7. The van der Waals surface area contributed by atoms with Gasteiger partial charge in [-0.3, -0.25) is 9.69 Å². The molecule has 3 heteroatoms. The van der Waals surface area contributed by atoms with E-state index < -0.39 is 0 Å². The Hall–Kier alpha value is -1.09. The van der Waals surface area contributed by atoms with Crippen molar-refractivity contribution in [2.45, 2.75) is 119 Å². The Balaban J connectivity index is 1.63. The molecular formula is C32H55NO2. The van der Waals surface area contributed by atoms with E-state index >= 15 is 0 Å². The molecule has 1 saturated carbocycles. The molecule has 0 saturated heterocycles. The van der Waals surface area contributed by atoms with Gasteiger partial charge in [0.1, 0.15) is 0 Å². The molecule has 0 aliphatic heterocycles. The van der Waals surface area contributed by atoms with Crippen LogP contribution < -0.4 is 0 Å². The molecule has 0 N–H and O–H groups in total. The van der Waals surface area contributed by atoms with Crippen LogP contribution in [0.5, 0.6) is 0 Å². The Bertz CT molecular complexity index is 743. The Morgan fingerprint density at radius 2 is 1.77 bits per heavy atom. The van der Waals surface area contributed by atoms with E-state index in [0.717, 1.165) is 19.5 Å². The number of esters is 1. The molecule has 0 radical (unpaired) electrons. The number of rotatable bonds is 13. The maximum Gasteiger partial charge on any atom is 0.320 e. The molecule has 0 heterocycles. The smallest absolute Gasteiger partial charge is 0.320 e. The first-order valence-electron chi connectivity index (χ1n) is 15.0. The van der Waals surface area contributed by atoms with E-state index in [2.05, 4.69) is 58.6 Å². The minimum absolute atomic E-state index is 0.0132. The predicted octanol–water partition coefficient (Wildman–Crippen LogP) is 8.35. The average molecular weight is 486 g/mol. The number of nitrogens with zero attached hydrogens (tertiary/aromatic N) is 1. The van der Waals surface area contributed by atoms with Crippen molar-refractivity contribution >= 4 is 5.97 Å². The summed E-state index contributed by atoms with van der Waals surface area (Å²) in [7, 11) is 0. The molecule has 0 unspecified atom stereocenters. The van der Waals surface area contributed by atoms with Crippen molar-refractivity contribution in [3.05, 3.63) is 23.3 Å². The first kappa shape index (κ1) is 28.5. The van der Waals surface area contributed by atoms with Crippen molar-refractivity contribution in [3.8, 4) is 0 Å². The SMILES string of the molecule is CCCCCN(CCCCC)CC(=O)OC[C@]1(C)CCC[C@@]2(C)[C@@H]1CC=C1C=C(C(C)C)CC[C@@H]12. The zero-order chi connectivity index (χ0) is 25.5. The third-order valence-corrected chi connectivity index (χ3v) is 9.78. The maximum atomic E-state index is 13.0. The molecule has 0 aromatic rings. The molecular weight excluding hydrogens is 430 g/mol. The van der Waals surface area contributed by atoms with Gasteiger partial charge in [0.2, 0.25) is 0 Å². The molecule has 0 bridgehead atoms. The molecule has 1 fully saturated rings. The van der Waals surface area contributed by atoms with Crippen LogP contribution in [0.3, 0.4) is 0 Å². The van der Waals surface area contributed by atoms with Gasteiger partial charge in [0.05, 0.1) is 13.2 Å². The normalized spacial score (nSPS) is 30.5. The van der Waals surface area contributed by atoms with E-state index in [9.17, 15) is 4.79 Å². The molecule has 3 rings (SSSR count). The third-order valence-electron chi connectivity index (χ3n) is 9.78. The number of carbonyl (C=O) groups is 1. The summed E-state index contributed by atoms with van der Waals surface area (Å²) in [6.07, 6.45) is 19.8. The lowest BCUT2D eigenvalue weighted by Gasteiger charge is -2.58. The van der Waals surface area contributed by atoms with E-state index in [-0.39, 0.29) is 11.4 Å². The second-order valence-electron chi connectivity index (χ2n) is 12.8. The van der Waals surface area contributed by atoms with Gasteiger partial charge in [-0.15, -0.1) is 0 Å². The fraction of sp³-hybridized carbons (Fsp3) is 0.844. The highest BCUT2D eigenvalue weighted by Crippen LogP contribution is 2.62. The fourth-order valence-corrected chi connectivity index (χ4v) is 7.56. The van der Waals surface area contributed by atoms with Crippen molar-refractivity contribution in [2.24, 2.45) is 28.6 Å². The summed E-state index contributed by atoms with van der Waals surface area (Å²) in [5, 5.41) is 0. The number of hydrogen-bond donors (Lipinski definition) is 0. The van der Waals surface area contributed by atoms with Crippen molar-refractivity contribution in [3.63, 3.8) is 0 Å². The largest absolute Gasteiger partial charge is 0.464 e. The number of unbranched alkanes of at least 4 members (excludes halogenated alkanes) is 4. The van der Waals surface area contributed by atoms with Crippen LogP contribution in [0.1, 0.15) is 119 Å². The molecule has 3 aliphatic rings. The highest BCUT2D eigenvalue weighted by atomic mass is 16.5. The monoisotopic (exact) mass is 485 g/mol. The molecule has 0 aromatic carbocycles. The van der Waals surface area contributed by atoms with Gasteiger partial charge in [-0.2, -0.15) is 0 Å². The number of allylic oxidation sites excluding steroid dienone is 4. The highest BCUT2D eigenvalue weighted by Gasteiger charge is 2.54. The molecule has 3 nitrogen and oxygen atoms in total. The lowest BCUT2D eigenvalue weighted by atomic mass is 9.47. The molecule has 200 valence electrons.